The summed E-state index contributed by atoms with van der Waals surface area (Å²) in [6, 6.07) is 0. The lowest BCUT2D eigenvalue weighted by Crippen LogP contribution is -1.98. The van der Waals surface area contributed by atoms with Crippen molar-refractivity contribution in [3.8, 4) is 0 Å². The second kappa shape index (κ2) is 3.65. The maximum absolute atomic E-state index is 10.8. The van der Waals surface area contributed by atoms with E-state index in [0.29, 0.717) is 9.60 Å². The minimum Gasteiger partial charge on any atom is -0.397 e. The van der Waals surface area contributed by atoms with Gasteiger partial charge in [-0.25, -0.2) is 9.79 Å². The van der Waals surface area contributed by atoms with E-state index >= 15 is 0 Å². The highest BCUT2D eigenvalue weighted by molar-refractivity contribution is 14.1. The Balaban J connectivity index is 2.79. The molecule has 1 aliphatic heterocycles. The molecule has 0 aromatic carbocycles. The van der Waals surface area contributed by atoms with Crippen LogP contribution in [0.1, 0.15) is 0 Å². The number of ether oxygens (including phenoxy) is 1. The molecule has 0 unspecified atom stereocenters. The van der Waals surface area contributed by atoms with Crippen LogP contribution in [0, 0.1) is 0 Å². The van der Waals surface area contributed by atoms with Gasteiger partial charge in [0.15, 0.2) is 0 Å². The Morgan fingerprint density at radius 1 is 1.70 bits per heavy atom. The van der Waals surface area contributed by atoms with Gasteiger partial charge in [0.05, 0.1) is 0 Å². The molecule has 0 atom stereocenters. The molecule has 54 valence electrons. The van der Waals surface area contributed by atoms with Gasteiger partial charge in [0.25, 0.3) is 3.90 Å². The van der Waals surface area contributed by atoms with Crippen LogP contribution in [0.25, 0.3) is 0 Å². The van der Waals surface area contributed by atoms with Gasteiger partial charge in [-0.2, -0.15) is 0 Å². The summed E-state index contributed by atoms with van der Waals surface area (Å²) in [5.41, 5.74) is 0.416. The maximum atomic E-state index is 10.8. The Hall–Kier alpha value is 0.340. The first-order valence-electron chi connectivity index (χ1n) is 2.46. The minimum atomic E-state index is -0.346. The van der Waals surface area contributed by atoms with Crippen molar-refractivity contribution in [3.05, 3.63) is 11.8 Å². The second-order valence-electron chi connectivity index (χ2n) is 1.50. The first-order chi connectivity index (χ1) is 4.74. The number of esters is 1. The van der Waals surface area contributed by atoms with Crippen LogP contribution in [0.4, 0.5) is 0 Å². The number of aliphatic imine (C=N–C) groups is 1. The molecule has 0 aromatic heterocycles. The summed E-state index contributed by atoms with van der Waals surface area (Å²) in [7, 11) is 0. The van der Waals surface area contributed by atoms with Gasteiger partial charge in [0.2, 0.25) is 0 Å². The molecule has 1 aliphatic rings. The molecule has 1 heterocycles. The van der Waals surface area contributed by atoms with Crippen molar-refractivity contribution in [2.75, 3.05) is 4.43 Å². The van der Waals surface area contributed by atoms with Gasteiger partial charge in [-0.3, -0.25) is 0 Å². The topological polar surface area (TPSA) is 38.7 Å². The van der Waals surface area contributed by atoms with Crippen molar-refractivity contribution in [1.82, 2.24) is 0 Å². The van der Waals surface area contributed by atoms with E-state index in [0.717, 1.165) is 4.43 Å². The van der Waals surface area contributed by atoms with Gasteiger partial charge in [-0.1, -0.05) is 22.6 Å². The highest BCUT2D eigenvalue weighted by Crippen LogP contribution is 2.14. The van der Waals surface area contributed by atoms with Gasteiger partial charge in [0.1, 0.15) is 5.70 Å². The van der Waals surface area contributed by atoms with Crippen molar-refractivity contribution in [2.45, 2.75) is 0 Å². The number of carbonyl (C=O) groups excluding carboxylic acids is 1. The summed E-state index contributed by atoms with van der Waals surface area (Å²) in [6.07, 6.45) is 1.73. The first-order valence-corrected chi connectivity index (χ1v) is 5.07. The predicted molar refractivity (Wildman–Crippen MR) is 54.5 cm³/mol. The summed E-state index contributed by atoms with van der Waals surface area (Å²) in [6.45, 7) is 0. The van der Waals surface area contributed by atoms with E-state index < -0.39 is 0 Å². The van der Waals surface area contributed by atoms with E-state index in [9.17, 15) is 4.79 Å². The highest BCUT2D eigenvalue weighted by Gasteiger charge is 2.19. The van der Waals surface area contributed by atoms with Crippen molar-refractivity contribution in [3.63, 3.8) is 0 Å². The number of carbonyl (C=O) groups is 1. The molecular formula is C5H3I2NO2. The predicted octanol–water partition coefficient (Wildman–Crippen LogP) is 1.65. The Morgan fingerprint density at radius 2 is 2.40 bits per heavy atom. The summed E-state index contributed by atoms with van der Waals surface area (Å²) in [5, 5.41) is 0. The lowest BCUT2D eigenvalue weighted by molar-refractivity contribution is -0.129. The Kier molecular flexibility index (Phi) is 3.08. The molecule has 10 heavy (non-hydrogen) atoms. The second-order valence-corrected chi connectivity index (χ2v) is 3.30. The first kappa shape index (κ1) is 8.44. The van der Waals surface area contributed by atoms with Crippen LogP contribution in [0.2, 0.25) is 0 Å². The molecule has 0 saturated carbocycles. The van der Waals surface area contributed by atoms with Crippen LogP contribution in [-0.4, -0.2) is 14.3 Å². The summed E-state index contributed by atoms with van der Waals surface area (Å²) in [4.78, 5) is 14.6. The molecule has 5 heteroatoms. The van der Waals surface area contributed by atoms with Gasteiger partial charge in [-0.15, -0.1) is 0 Å². The smallest absolute Gasteiger partial charge is 0.363 e. The third kappa shape index (κ3) is 1.91. The number of hydrogen-bond acceptors (Lipinski definition) is 3. The number of halogens is 2. The van der Waals surface area contributed by atoms with Gasteiger partial charge in [0, 0.05) is 27.0 Å². The van der Waals surface area contributed by atoms with Crippen LogP contribution in [-0.2, 0) is 9.53 Å². The largest absolute Gasteiger partial charge is 0.397 e. The fourth-order valence-electron chi connectivity index (χ4n) is 0.494. The summed E-state index contributed by atoms with van der Waals surface area (Å²) in [5.74, 6) is -0.346. The Labute approximate surface area is 85.2 Å². The third-order valence-electron chi connectivity index (χ3n) is 0.865. The number of alkyl halides is 1. The highest BCUT2D eigenvalue weighted by atomic mass is 127. The van der Waals surface area contributed by atoms with Gasteiger partial charge < -0.3 is 4.74 Å². The number of allylic oxidation sites excluding steroid dienone is 1. The molecule has 0 fully saturated rings. The van der Waals surface area contributed by atoms with E-state index in [2.05, 4.69) is 32.3 Å². The van der Waals surface area contributed by atoms with Crippen LogP contribution >= 0.6 is 45.2 Å². The fourth-order valence-corrected chi connectivity index (χ4v) is 1.37. The zero-order chi connectivity index (χ0) is 7.56. The van der Waals surface area contributed by atoms with Crippen LogP contribution in [0.3, 0.4) is 0 Å². The number of cyclic esters (lactones) is 1. The summed E-state index contributed by atoms with van der Waals surface area (Å²) < 4.78 is 5.83. The van der Waals surface area contributed by atoms with Gasteiger partial charge >= 0.3 is 5.97 Å². The SMILES string of the molecule is O=C1OC(I)=N/C1=C/CI. The van der Waals surface area contributed by atoms with Gasteiger partial charge in [-0.05, 0) is 6.08 Å². The molecule has 0 saturated heterocycles. The van der Waals surface area contributed by atoms with Crippen molar-refractivity contribution >= 4 is 55.1 Å². The molecule has 3 nitrogen and oxygen atoms in total. The normalized spacial score (nSPS) is 21.2. The average molecular weight is 363 g/mol. The Morgan fingerprint density at radius 3 is 2.80 bits per heavy atom. The van der Waals surface area contributed by atoms with E-state index in [1.54, 1.807) is 6.08 Å². The molecular weight excluding hydrogens is 360 g/mol. The molecule has 0 bridgehead atoms. The zero-order valence-corrected chi connectivity index (χ0v) is 9.12. The molecule has 0 aromatic rings. The lowest BCUT2D eigenvalue weighted by atomic mass is 10.4. The molecule has 0 spiro atoms. The monoisotopic (exact) mass is 363 g/mol. The maximum Gasteiger partial charge on any atom is 0.363 e. The van der Waals surface area contributed by atoms with Crippen molar-refractivity contribution in [1.29, 1.82) is 0 Å². The molecule has 1 rings (SSSR count). The minimum absolute atomic E-state index is 0.346. The lowest BCUT2D eigenvalue weighted by Gasteiger charge is -1.85. The van der Waals surface area contributed by atoms with E-state index in [1.165, 1.54) is 0 Å². The van der Waals surface area contributed by atoms with Crippen molar-refractivity contribution in [2.24, 2.45) is 4.99 Å². The number of rotatable bonds is 1. The summed E-state index contributed by atoms with van der Waals surface area (Å²) >= 11 is 4.00. The Bertz CT molecular complexity index is 222. The molecule has 0 amide bonds. The van der Waals surface area contributed by atoms with Crippen molar-refractivity contribution < 1.29 is 9.53 Å². The number of nitrogens with zero attached hydrogens (tertiary/aromatic N) is 1. The van der Waals surface area contributed by atoms with Crippen LogP contribution in [0.15, 0.2) is 16.8 Å². The number of hydrogen-bond donors (Lipinski definition) is 0. The van der Waals surface area contributed by atoms with Crippen LogP contribution < -0.4 is 0 Å². The molecule has 0 radical (unpaired) electrons. The zero-order valence-electron chi connectivity index (χ0n) is 4.80. The quantitative estimate of drug-likeness (QED) is 0.308. The molecule has 0 aliphatic carbocycles. The van der Waals surface area contributed by atoms with E-state index in [1.807, 2.05) is 22.6 Å². The molecule has 0 N–H and O–H groups in total. The fraction of sp³-hybridized carbons (Fsp3) is 0.200. The van der Waals surface area contributed by atoms with Crippen LogP contribution in [0.5, 0.6) is 0 Å². The van der Waals surface area contributed by atoms with E-state index in [4.69, 9.17) is 0 Å². The standard InChI is InChI=1S/C5H3I2NO2/c6-2-1-3-4(9)10-5(7)8-3/h1H,2H2/b3-1+. The van der Waals surface area contributed by atoms with E-state index in [-0.39, 0.29) is 5.97 Å². The third-order valence-corrected chi connectivity index (χ3v) is 1.77. The average Bonchev–Trinajstić information content (AvgIpc) is 2.13.